The first-order valence-corrected chi connectivity index (χ1v) is 5.23. The molecule has 0 radical (unpaired) electrons. The fourth-order valence-corrected chi connectivity index (χ4v) is 1.10. The lowest BCUT2D eigenvalue weighted by atomic mass is 10.2. The van der Waals surface area contributed by atoms with Gasteiger partial charge in [-0.25, -0.2) is 4.79 Å². The molecular weight excluding hydrogens is 200 g/mol. The van der Waals surface area contributed by atoms with Crippen molar-refractivity contribution in [2.75, 3.05) is 6.61 Å². The molecule has 16 heavy (non-hydrogen) atoms. The Kier molecular flexibility index (Phi) is 5.06. The number of ether oxygens (including phenoxy) is 1. The summed E-state index contributed by atoms with van der Waals surface area (Å²) in [7, 11) is 0. The molecule has 1 aromatic rings. The molecule has 1 aromatic carbocycles. The SMILES string of the molecule is C=C(C)CCOC(=O)C=Cc1ccccc1. The van der Waals surface area contributed by atoms with E-state index in [4.69, 9.17) is 4.74 Å². The highest BCUT2D eigenvalue weighted by molar-refractivity contribution is 5.86. The minimum absolute atomic E-state index is 0.315. The quantitative estimate of drug-likeness (QED) is 0.429. The van der Waals surface area contributed by atoms with Gasteiger partial charge in [-0.2, -0.15) is 0 Å². The second-order valence-corrected chi connectivity index (χ2v) is 3.62. The Labute approximate surface area is 96.2 Å². The highest BCUT2D eigenvalue weighted by Crippen LogP contribution is 2.01. The number of esters is 1. The molecule has 0 saturated carbocycles. The molecule has 2 heteroatoms. The van der Waals surface area contributed by atoms with Crippen LogP contribution in [0.2, 0.25) is 0 Å². The van der Waals surface area contributed by atoms with Gasteiger partial charge < -0.3 is 4.74 Å². The summed E-state index contributed by atoms with van der Waals surface area (Å²) in [6, 6.07) is 9.63. The maximum Gasteiger partial charge on any atom is 0.330 e. The molecule has 0 aromatic heterocycles. The molecule has 0 aliphatic carbocycles. The number of rotatable bonds is 5. The molecule has 1 rings (SSSR count). The number of hydrogen-bond donors (Lipinski definition) is 0. The molecule has 0 atom stereocenters. The van der Waals surface area contributed by atoms with Crippen LogP contribution in [0.4, 0.5) is 0 Å². The molecule has 0 aliphatic heterocycles. The Morgan fingerprint density at radius 3 is 2.69 bits per heavy atom. The second-order valence-electron chi connectivity index (χ2n) is 3.62. The molecule has 0 unspecified atom stereocenters. The fourth-order valence-electron chi connectivity index (χ4n) is 1.10. The van der Waals surface area contributed by atoms with E-state index in [1.807, 2.05) is 37.3 Å². The van der Waals surface area contributed by atoms with E-state index < -0.39 is 0 Å². The lowest BCUT2D eigenvalue weighted by Crippen LogP contribution is -2.02. The predicted octanol–water partition coefficient (Wildman–Crippen LogP) is 3.21. The molecule has 2 nitrogen and oxygen atoms in total. The van der Waals surface area contributed by atoms with E-state index in [2.05, 4.69) is 6.58 Å². The van der Waals surface area contributed by atoms with Gasteiger partial charge in [0.05, 0.1) is 6.61 Å². The van der Waals surface area contributed by atoms with Gasteiger partial charge in [0.2, 0.25) is 0 Å². The zero-order valence-corrected chi connectivity index (χ0v) is 9.48. The third kappa shape index (κ3) is 5.15. The van der Waals surface area contributed by atoms with Gasteiger partial charge >= 0.3 is 5.97 Å². The first-order valence-electron chi connectivity index (χ1n) is 5.23. The van der Waals surface area contributed by atoms with Crippen molar-refractivity contribution >= 4 is 12.0 Å². The summed E-state index contributed by atoms with van der Waals surface area (Å²) in [5.74, 6) is -0.315. The Hall–Kier alpha value is -1.83. The topological polar surface area (TPSA) is 26.3 Å². The average Bonchev–Trinajstić information content (AvgIpc) is 2.27. The van der Waals surface area contributed by atoms with Crippen LogP contribution in [0.15, 0.2) is 48.6 Å². The van der Waals surface area contributed by atoms with Gasteiger partial charge in [-0.05, 0) is 18.6 Å². The van der Waals surface area contributed by atoms with Crippen LogP contribution in [0.3, 0.4) is 0 Å². The maximum absolute atomic E-state index is 11.3. The van der Waals surface area contributed by atoms with E-state index in [0.717, 1.165) is 11.1 Å². The molecular formula is C14H16O2. The lowest BCUT2D eigenvalue weighted by Gasteiger charge is -2.00. The van der Waals surface area contributed by atoms with Crippen molar-refractivity contribution < 1.29 is 9.53 Å². The van der Waals surface area contributed by atoms with Crippen LogP contribution in [0.5, 0.6) is 0 Å². The van der Waals surface area contributed by atoms with Crippen molar-refractivity contribution in [3.8, 4) is 0 Å². The summed E-state index contributed by atoms with van der Waals surface area (Å²) < 4.78 is 4.99. The minimum atomic E-state index is -0.315. The summed E-state index contributed by atoms with van der Waals surface area (Å²) in [4.78, 5) is 11.3. The fraction of sp³-hybridized carbons (Fsp3) is 0.214. The monoisotopic (exact) mass is 216 g/mol. The smallest absolute Gasteiger partial charge is 0.330 e. The number of carbonyl (C=O) groups excluding carboxylic acids is 1. The lowest BCUT2D eigenvalue weighted by molar-refractivity contribution is -0.137. The van der Waals surface area contributed by atoms with Crippen LogP contribution < -0.4 is 0 Å². The third-order valence-corrected chi connectivity index (χ3v) is 1.98. The molecule has 0 fully saturated rings. The summed E-state index contributed by atoms with van der Waals surface area (Å²) in [6.07, 6.45) is 3.89. The van der Waals surface area contributed by atoms with E-state index in [9.17, 15) is 4.79 Å². The molecule has 0 heterocycles. The van der Waals surface area contributed by atoms with Crippen LogP contribution >= 0.6 is 0 Å². The summed E-state index contributed by atoms with van der Waals surface area (Å²) in [5, 5.41) is 0. The largest absolute Gasteiger partial charge is 0.462 e. The number of benzene rings is 1. The second kappa shape index (κ2) is 6.62. The van der Waals surface area contributed by atoms with Gasteiger partial charge in [-0.15, -0.1) is 6.58 Å². The van der Waals surface area contributed by atoms with Gasteiger partial charge in [0.15, 0.2) is 0 Å². The normalized spacial score (nSPS) is 10.3. The van der Waals surface area contributed by atoms with Crippen molar-refractivity contribution in [1.29, 1.82) is 0 Å². The predicted molar refractivity (Wildman–Crippen MR) is 65.9 cm³/mol. The van der Waals surface area contributed by atoms with Crippen LogP contribution in [-0.2, 0) is 9.53 Å². The van der Waals surface area contributed by atoms with Crippen molar-refractivity contribution in [1.82, 2.24) is 0 Å². The van der Waals surface area contributed by atoms with Gasteiger partial charge in [-0.3, -0.25) is 0 Å². The minimum Gasteiger partial charge on any atom is -0.462 e. The third-order valence-electron chi connectivity index (χ3n) is 1.98. The van der Waals surface area contributed by atoms with Gasteiger partial charge in [-0.1, -0.05) is 35.9 Å². The summed E-state index contributed by atoms with van der Waals surface area (Å²) in [5.41, 5.74) is 2.00. The zero-order valence-electron chi connectivity index (χ0n) is 9.48. The van der Waals surface area contributed by atoms with E-state index in [1.54, 1.807) is 6.08 Å². The van der Waals surface area contributed by atoms with Crippen LogP contribution in [0, 0.1) is 0 Å². The Morgan fingerprint density at radius 2 is 2.06 bits per heavy atom. The molecule has 0 N–H and O–H groups in total. The standard InChI is InChI=1S/C14H16O2/c1-12(2)10-11-16-14(15)9-8-13-6-4-3-5-7-13/h3-9H,1,10-11H2,2H3. The zero-order chi connectivity index (χ0) is 11.8. The highest BCUT2D eigenvalue weighted by Gasteiger charge is 1.96. The summed E-state index contributed by atoms with van der Waals surface area (Å²) >= 11 is 0. The van der Waals surface area contributed by atoms with Crippen LogP contribution in [0.1, 0.15) is 18.9 Å². The number of hydrogen-bond acceptors (Lipinski definition) is 2. The van der Waals surface area contributed by atoms with E-state index in [0.29, 0.717) is 13.0 Å². The van der Waals surface area contributed by atoms with Crippen LogP contribution in [-0.4, -0.2) is 12.6 Å². The maximum atomic E-state index is 11.3. The number of carbonyl (C=O) groups is 1. The van der Waals surface area contributed by atoms with Gasteiger partial charge in [0.25, 0.3) is 0 Å². The molecule has 0 amide bonds. The van der Waals surface area contributed by atoms with Crippen molar-refractivity contribution in [2.45, 2.75) is 13.3 Å². The van der Waals surface area contributed by atoms with E-state index >= 15 is 0 Å². The first-order chi connectivity index (χ1) is 7.68. The van der Waals surface area contributed by atoms with E-state index in [1.165, 1.54) is 6.08 Å². The Bertz CT molecular complexity index is 377. The van der Waals surface area contributed by atoms with Crippen molar-refractivity contribution in [3.63, 3.8) is 0 Å². The van der Waals surface area contributed by atoms with Gasteiger partial charge in [0.1, 0.15) is 0 Å². The van der Waals surface area contributed by atoms with Crippen molar-refractivity contribution in [2.24, 2.45) is 0 Å². The summed E-state index contributed by atoms with van der Waals surface area (Å²) in [6.45, 7) is 6.04. The van der Waals surface area contributed by atoms with E-state index in [-0.39, 0.29) is 5.97 Å². The molecule has 0 aliphatic rings. The average molecular weight is 216 g/mol. The first kappa shape index (κ1) is 12.2. The molecule has 84 valence electrons. The molecule has 0 saturated heterocycles. The Morgan fingerprint density at radius 1 is 1.38 bits per heavy atom. The van der Waals surface area contributed by atoms with Crippen LogP contribution in [0.25, 0.3) is 6.08 Å². The highest BCUT2D eigenvalue weighted by atomic mass is 16.5. The molecule has 0 bridgehead atoms. The Balaban J connectivity index is 2.34. The van der Waals surface area contributed by atoms with Crippen molar-refractivity contribution in [3.05, 3.63) is 54.1 Å². The molecule has 0 spiro atoms. The van der Waals surface area contributed by atoms with Gasteiger partial charge in [0, 0.05) is 12.5 Å².